The van der Waals surface area contributed by atoms with Gasteiger partial charge in [-0.2, -0.15) is 0 Å². The Kier molecular flexibility index (Phi) is 5.91. The molecule has 5 heteroatoms. The zero-order valence-corrected chi connectivity index (χ0v) is 15.6. The first-order valence-corrected chi connectivity index (χ1v) is 8.09. The Morgan fingerprint density at radius 1 is 0.960 bits per heavy atom. The maximum atomic E-state index is 12.7. The van der Waals surface area contributed by atoms with Crippen molar-refractivity contribution in [2.24, 2.45) is 0 Å². The minimum absolute atomic E-state index is 0.119. The third kappa shape index (κ3) is 4.05. The first-order valence-electron chi connectivity index (χ1n) is 8.09. The van der Waals surface area contributed by atoms with Crippen molar-refractivity contribution in [3.05, 3.63) is 52.6 Å². The number of amides is 1. The maximum Gasteiger partial charge on any atom is 0.252 e. The van der Waals surface area contributed by atoms with Gasteiger partial charge in [-0.25, -0.2) is 0 Å². The highest BCUT2D eigenvalue weighted by Crippen LogP contribution is 2.38. The molecule has 1 N–H and O–H groups in total. The van der Waals surface area contributed by atoms with Gasteiger partial charge in [-0.15, -0.1) is 0 Å². The van der Waals surface area contributed by atoms with E-state index in [0.717, 1.165) is 16.7 Å². The third-order valence-electron chi connectivity index (χ3n) is 4.18. The van der Waals surface area contributed by atoms with Gasteiger partial charge < -0.3 is 19.5 Å². The van der Waals surface area contributed by atoms with Gasteiger partial charge in [0.2, 0.25) is 5.75 Å². The molecule has 1 amide bonds. The fourth-order valence-corrected chi connectivity index (χ4v) is 2.80. The first kappa shape index (κ1) is 18.6. The van der Waals surface area contributed by atoms with Crippen LogP contribution in [-0.4, -0.2) is 27.2 Å². The van der Waals surface area contributed by atoms with Crippen molar-refractivity contribution in [3.8, 4) is 17.2 Å². The largest absolute Gasteiger partial charge is 0.493 e. The molecule has 0 spiro atoms. The summed E-state index contributed by atoms with van der Waals surface area (Å²) in [6, 6.07) is 9.39. The van der Waals surface area contributed by atoms with E-state index in [4.69, 9.17) is 14.2 Å². The molecule has 0 aliphatic carbocycles. The normalized spacial score (nSPS) is 11.6. The smallest absolute Gasteiger partial charge is 0.252 e. The van der Waals surface area contributed by atoms with Crippen LogP contribution in [0.5, 0.6) is 17.2 Å². The van der Waals surface area contributed by atoms with Crippen LogP contribution >= 0.6 is 0 Å². The predicted molar refractivity (Wildman–Crippen MR) is 97.9 cm³/mol. The molecule has 2 rings (SSSR count). The topological polar surface area (TPSA) is 56.8 Å². The summed E-state index contributed by atoms with van der Waals surface area (Å²) < 4.78 is 15.9. The molecule has 0 saturated carbocycles. The maximum absolute atomic E-state index is 12.7. The number of hydrogen-bond acceptors (Lipinski definition) is 4. The highest BCUT2D eigenvalue weighted by atomic mass is 16.5. The lowest BCUT2D eigenvalue weighted by atomic mass is 9.99. The second kappa shape index (κ2) is 7.92. The van der Waals surface area contributed by atoms with E-state index in [9.17, 15) is 4.79 Å². The first-order chi connectivity index (χ1) is 11.9. The van der Waals surface area contributed by atoms with Crippen LogP contribution < -0.4 is 19.5 Å². The molecule has 0 aromatic heterocycles. The summed E-state index contributed by atoms with van der Waals surface area (Å²) in [5.41, 5.74) is 3.85. The van der Waals surface area contributed by atoms with Crippen LogP contribution in [0.25, 0.3) is 0 Å². The van der Waals surface area contributed by atoms with Crippen molar-refractivity contribution in [3.63, 3.8) is 0 Å². The Morgan fingerprint density at radius 3 is 2.08 bits per heavy atom. The fraction of sp³-hybridized carbons (Fsp3) is 0.350. The second-order valence-corrected chi connectivity index (χ2v) is 5.97. The van der Waals surface area contributed by atoms with Gasteiger partial charge in [-0.05, 0) is 44.0 Å². The number of benzene rings is 2. The average Bonchev–Trinajstić information content (AvgIpc) is 2.61. The van der Waals surface area contributed by atoms with Crippen LogP contribution in [-0.2, 0) is 0 Å². The van der Waals surface area contributed by atoms with E-state index in [1.54, 1.807) is 12.1 Å². The summed E-state index contributed by atoms with van der Waals surface area (Å²) in [5.74, 6) is 1.16. The molecule has 0 aliphatic heterocycles. The number of ether oxygens (including phenoxy) is 3. The van der Waals surface area contributed by atoms with Gasteiger partial charge in [0.05, 0.1) is 27.4 Å². The van der Waals surface area contributed by atoms with Gasteiger partial charge in [0.25, 0.3) is 5.91 Å². The summed E-state index contributed by atoms with van der Waals surface area (Å²) >= 11 is 0. The molecule has 25 heavy (non-hydrogen) atoms. The Morgan fingerprint density at radius 2 is 1.56 bits per heavy atom. The van der Waals surface area contributed by atoms with E-state index < -0.39 is 0 Å². The third-order valence-corrected chi connectivity index (χ3v) is 4.18. The summed E-state index contributed by atoms with van der Waals surface area (Å²) in [7, 11) is 4.58. The van der Waals surface area contributed by atoms with Gasteiger partial charge in [0.1, 0.15) is 0 Å². The number of carbonyl (C=O) groups is 1. The zero-order chi connectivity index (χ0) is 18.6. The fourth-order valence-electron chi connectivity index (χ4n) is 2.80. The van der Waals surface area contributed by atoms with E-state index in [0.29, 0.717) is 22.8 Å². The van der Waals surface area contributed by atoms with Crippen LogP contribution in [0.15, 0.2) is 30.3 Å². The molecule has 0 fully saturated rings. The zero-order valence-electron chi connectivity index (χ0n) is 15.6. The van der Waals surface area contributed by atoms with Gasteiger partial charge in [-0.3, -0.25) is 4.79 Å². The van der Waals surface area contributed by atoms with Crippen molar-refractivity contribution in [2.45, 2.75) is 26.8 Å². The van der Waals surface area contributed by atoms with E-state index in [1.807, 2.05) is 20.8 Å². The van der Waals surface area contributed by atoms with E-state index >= 15 is 0 Å². The van der Waals surface area contributed by atoms with Gasteiger partial charge >= 0.3 is 0 Å². The average molecular weight is 343 g/mol. The minimum atomic E-state index is -0.201. The number of aryl methyl sites for hydroxylation is 2. The monoisotopic (exact) mass is 343 g/mol. The lowest BCUT2D eigenvalue weighted by Gasteiger charge is -2.19. The van der Waals surface area contributed by atoms with Crippen LogP contribution in [0.4, 0.5) is 0 Å². The van der Waals surface area contributed by atoms with Crippen LogP contribution in [0.1, 0.15) is 40.0 Å². The van der Waals surface area contributed by atoms with Crippen LogP contribution in [0.3, 0.4) is 0 Å². The van der Waals surface area contributed by atoms with Gasteiger partial charge in [-0.1, -0.05) is 23.8 Å². The molecule has 0 saturated heterocycles. The number of nitrogens with one attached hydrogen (secondary N) is 1. The van der Waals surface area contributed by atoms with Crippen LogP contribution in [0, 0.1) is 13.8 Å². The summed E-state index contributed by atoms with van der Waals surface area (Å²) in [6.45, 7) is 6.05. The molecular formula is C20H25NO4. The Labute approximate surface area is 148 Å². The Bertz CT molecular complexity index is 745. The highest BCUT2D eigenvalue weighted by Gasteiger charge is 2.19. The molecule has 134 valence electrons. The molecule has 0 unspecified atom stereocenters. The summed E-state index contributed by atoms with van der Waals surface area (Å²) in [5, 5.41) is 3.03. The van der Waals surface area contributed by atoms with Gasteiger partial charge in [0.15, 0.2) is 11.5 Å². The molecule has 0 aliphatic rings. The summed E-state index contributed by atoms with van der Waals surface area (Å²) in [4.78, 5) is 12.7. The van der Waals surface area contributed by atoms with Crippen molar-refractivity contribution in [1.29, 1.82) is 0 Å². The molecule has 2 aromatic carbocycles. The molecule has 0 bridgehead atoms. The Balaban J connectivity index is 2.30. The Hall–Kier alpha value is -2.69. The van der Waals surface area contributed by atoms with Crippen molar-refractivity contribution >= 4 is 5.91 Å². The second-order valence-electron chi connectivity index (χ2n) is 5.97. The van der Waals surface area contributed by atoms with E-state index in [-0.39, 0.29) is 11.9 Å². The van der Waals surface area contributed by atoms with E-state index in [2.05, 4.69) is 23.5 Å². The SMILES string of the molecule is COc1cc(C(=O)N[C@@H](C)c2cc(C)ccc2C)cc(OC)c1OC. The molecule has 0 heterocycles. The number of rotatable bonds is 6. The lowest BCUT2D eigenvalue weighted by molar-refractivity contribution is 0.0939. The van der Waals surface area contributed by atoms with Gasteiger partial charge in [0, 0.05) is 5.56 Å². The highest BCUT2D eigenvalue weighted by molar-refractivity contribution is 5.95. The molecule has 2 aromatic rings. The van der Waals surface area contributed by atoms with Crippen molar-refractivity contribution < 1.29 is 19.0 Å². The lowest BCUT2D eigenvalue weighted by Crippen LogP contribution is -2.27. The molecule has 1 atom stereocenters. The standard InChI is InChI=1S/C20H25NO4/c1-12-7-8-13(2)16(9-12)14(3)21-20(22)15-10-17(23-4)19(25-6)18(11-15)24-5/h7-11,14H,1-6H3,(H,21,22)/t14-/m0/s1. The number of hydrogen-bond donors (Lipinski definition) is 1. The minimum Gasteiger partial charge on any atom is -0.493 e. The van der Waals surface area contributed by atoms with E-state index in [1.165, 1.54) is 21.3 Å². The number of carbonyl (C=O) groups excluding carboxylic acids is 1. The summed E-state index contributed by atoms with van der Waals surface area (Å²) in [6.07, 6.45) is 0. The van der Waals surface area contributed by atoms with Crippen LogP contribution in [0.2, 0.25) is 0 Å². The quantitative estimate of drug-likeness (QED) is 0.866. The number of methoxy groups -OCH3 is 3. The molecule has 0 radical (unpaired) electrons. The molecule has 5 nitrogen and oxygen atoms in total. The molecular weight excluding hydrogens is 318 g/mol. The van der Waals surface area contributed by atoms with Crippen molar-refractivity contribution in [1.82, 2.24) is 5.32 Å². The van der Waals surface area contributed by atoms with Crippen molar-refractivity contribution in [2.75, 3.05) is 21.3 Å². The predicted octanol–water partition coefficient (Wildman–Crippen LogP) is 3.82.